The van der Waals surface area contributed by atoms with Crippen molar-refractivity contribution in [3.8, 4) is 0 Å². The third kappa shape index (κ3) is 5.54. The zero-order chi connectivity index (χ0) is 14.4. The molecule has 0 amide bonds. The Bertz CT molecular complexity index is 435. The molecule has 6 heteroatoms. The monoisotopic (exact) mass is 266 g/mol. The van der Waals surface area contributed by atoms with Gasteiger partial charge in [0, 0.05) is 26.2 Å². The highest BCUT2D eigenvalue weighted by atomic mass is 16.4. The first-order valence-corrected chi connectivity index (χ1v) is 6.41. The molecule has 0 aliphatic heterocycles. The maximum Gasteiger partial charge on any atom is 0.305 e. The number of anilines is 2. The van der Waals surface area contributed by atoms with E-state index in [4.69, 9.17) is 5.11 Å². The molecule has 106 valence electrons. The summed E-state index contributed by atoms with van der Waals surface area (Å²) in [5.74, 6) is 1.91. The highest BCUT2D eigenvalue weighted by molar-refractivity contribution is 5.67. The first kappa shape index (κ1) is 15.2. The third-order valence-electron chi connectivity index (χ3n) is 2.57. The fourth-order valence-corrected chi connectivity index (χ4v) is 1.52. The van der Waals surface area contributed by atoms with Gasteiger partial charge in [-0.25, -0.2) is 9.97 Å². The standard InChI is InChI=1S/C13H22N4O2/c1-9(2)8-14-11-7-12(16-10(3)15-11)17(4)6-5-13(18)19/h7,9H,5-6,8H2,1-4H3,(H,18,19)(H,14,15,16). The van der Waals surface area contributed by atoms with Crippen molar-refractivity contribution in [2.45, 2.75) is 27.2 Å². The first-order valence-electron chi connectivity index (χ1n) is 6.41. The van der Waals surface area contributed by atoms with Crippen LogP contribution in [0.4, 0.5) is 11.6 Å². The lowest BCUT2D eigenvalue weighted by Crippen LogP contribution is -2.23. The SMILES string of the molecule is Cc1nc(NCC(C)C)cc(N(C)CCC(=O)O)n1. The summed E-state index contributed by atoms with van der Waals surface area (Å²) in [6.07, 6.45) is 0.0916. The summed E-state index contributed by atoms with van der Waals surface area (Å²) in [5, 5.41) is 11.9. The van der Waals surface area contributed by atoms with Crippen LogP contribution in [0.25, 0.3) is 0 Å². The Balaban J connectivity index is 2.74. The number of aryl methyl sites for hydroxylation is 1. The van der Waals surface area contributed by atoms with Crippen molar-refractivity contribution < 1.29 is 9.90 Å². The van der Waals surface area contributed by atoms with Crippen LogP contribution in [0.1, 0.15) is 26.1 Å². The van der Waals surface area contributed by atoms with Gasteiger partial charge in [-0.05, 0) is 12.8 Å². The quantitative estimate of drug-likeness (QED) is 0.783. The number of nitrogens with one attached hydrogen (secondary N) is 1. The van der Waals surface area contributed by atoms with E-state index in [0.717, 1.165) is 18.2 Å². The average Bonchev–Trinajstić information content (AvgIpc) is 2.32. The number of rotatable bonds is 7. The van der Waals surface area contributed by atoms with Crippen LogP contribution in [0, 0.1) is 12.8 Å². The first-order chi connectivity index (χ1) is 8.88. The van der Waals surface area contributed by atoms with Crippen molar-refractivity contribution in [2.75, 3.05) is 30.4 Å². The van der Waals surface area contributed by atoms with Gasteiger partial charge in [0.1, 0.15) is 17.5 Å². The van der Waals surface area contributed by atoms with Gasteiger partial charge < -0.3 is 15.3 Å². The number of aromatic nitrogens is 2. The molecule has 2 N–H and O–H groups in total. The number of nitrogens with zero attached hydrogens (tertiary/aromatic N) is 3. The van der Waals surface area contributed by atoms with Crippen molar-refractivity contribution >= 4 is 17.6 Å². The molecule has 0 fully saturated rings. The maximum atomic E-state index is 10.6. The van der Waals surface area contributed by atoms with E-state index in [2.05, 4.69) is 29.1 Å². The molecule has 6 nitrogen and oxygen atoms in total. The molecule has 0 saturated carbocycles. The van der Waals surface area contributed by atoms with E-state index in [1.165, 1.54) is 0 Å². The molecule has 0 aliphatic carbocycles. The van der Waals surface area contributed by atoms with Gasteiger partial charge in [0.15, 0.2) is 0 Å². The lowest BCUT2D eigenvalue weighted by Gasteiger charge is -2.18. The third-order valence-corrected chi connectivity index (χ3v) is 2.57. The molecule has 0 aromatic carbocycles. The lowest BCUT2D eigenvalue weighted by molar-refractivity contribution is -0.136. The number of carboxylic acids is 1. The van der Waals surface area contributed by atoms with Crippen LogP contribution in [0.2, 0.25) is 0 Å². The van der Waals surface area contributed by atoms with Gasteiger partial charge in [0.2, 0.25) is 0 Å². The highest BCUT2D eigenvalue weighted by Gasteiger charge is 2.08. The molecule has 19 heavy (non-hydrogen) atoms. The van der Waals surface area contributed by atoms with Crippen LogP contribution in [0.15, 0.2) is 6.07 Å². The Morgan fingerprint density at radius 1 is 1.47 bits per heavy atom. The largest absolute Gasteiger partial charge is 0.481 e. The molecule has 1 rings (SSSR count). The molecule has 0 radical (unpaired) electrons. The molecule has 0 bridgehead atoms. The fourth-order valence-electron chi connectivity index (χ4n) is 1.52. The van der Waals surface area contributed by atoms with Gasteiger partial charge in [-0.15, -0.1) is 0 Å². The highest BCUT2D eigenvalue weighted by Crippen LogP contribution is 2.15. The molecule has 0 unspecified atom stereocenters. The van der Waals surface area contributed by atoms with Crippen molar-refractivity contribution in [1.29, 1.82) is 0 Å². The van der Waals surface area contributed by atoms with E-state index >= 15 is 0 Å². The summed E-state index contributed by atoms with van der Waals surface area (Å²) >= 11 is 0. The summed E-state index contributed by atoms with van der Waals surface area (Å²) in [5.41, 5.74) is 0. The summed E-state index contributed by atoms with van der Waals surface area (Å²) in [7, 11) is 1.83. The van der Waals surface area contributed by atoms with Gasteiger partial charge in [-0.3, -0.25) is 4.79 Å². The summed E-state index contributed by atoms with van der Waals surface area (Å²) in [4.78, 5) is 21.0. The maximum absolute atomic E-state index is 10.6. The second-order valence-electron chi connectivity index (χ2n) is 5.00. The van der Waals surface area contributed by atoms with Crippen LogP contribution in [-0.2, 0) is 4.79 Å². The number of hydrogen-bond acceptors (Lipinski definition) is 5. The van der Waals surface area contributed by atoms with Crippen molar-refractivity contribution in [2.24, 2.45) is 5.92 Å². The predicted molar refractivity (Wildman–Crippen MR) is 75.6 cm³/mol. The van der Waals surface area contributed by atoms with Crippen molar-refractivity contribution in [3.63, 3.8) is 0 Å². The molecule has 1 aromatic heterocycles. The molecule has 0 atom stereocenters. The topological polar surface area (TPSA) is 78.4 Å². The van der Waals surface area contributed by atoms with E-state index < -0.39 is 5.97 Å². The molecule has 0 saturated heterocycles. The zero-order valence-corrected chi connectivity index (χ0v) is 12.0. The van der Waals surface area contributed by atoms with E-state index in [1.54, 1.807) is 0 Å². The molecule has 0 aliphatic rings. The lowest BCUT2D eigenvalue weighted by atomic mass is 10.2. The summed E-state index contributed by atoms with van der Waals surface area (Å²) in [6, 6.07) is 1.84. The minimum atomic E-state index is -0.809. The smallest absolute Gasteiger partial charge is 0.305 e. The molecular formula is C13H22N4O2. The van der Waals surface area contributed by atoms with Crippen LogP contribution in [-0.4, -0.2) is 41.2 Å². The van der Waals surface area contributed by atoms with E-state index in [1.807, 2.05) is 24.9 Å². The average molecular weight is 266 g/mol. The van der Waals surface area contributed by atoms with Crippen LogP contribution < -0.4 is 10.2 Å². The summed E-state index contributed by atoms with van der Waals surface area (Å²) in [6.45, 7) is 7.35. The second-order valence-corrected chi connectivity index (χ2v) is 5.00. The Morgan fingerprint density at radius 2 is 2.16 bits per heavy atom. The minimum Gasteiger partial charge on any atom is -0.481 e. The Labute approximate surface area is 113 Å². The molecule has 1 heterocycles. The predicted octanol–water partition coefficient (Wildman–Crippen LogP) is 1.76. The number of carboxylic acid groups (broad SMARTS) is 1. The van der Waals surface area contributed by atoms with Crippen LogP contribution >= 0.6 is 0 Å². The fraction of sp³-hybridized carbons (Fsp3) is 0.615. The number of hydrogen-bond donors (Lipinski definition) is 2. The van der Waals surface area contributed by atoms with E-state index in [9.17, 15) is 4.79 Å². The Hall–Kier alpha value is -1.85. The van der Waals surface area contributed by atoms with Gasteiger partial charge in [-0.2, -0.15) is 0 Å². The number of aliphatic carboxylic acids is 1. The summed E-state index contributed by atoms with van der Waals surface area (Å²) < 4.78 is 0. The Kier molecular flexibility index (Phi) is 5.54. The van der Waals surface area contributed by atoms with Gasteiger partial charge in [-0.1, -0.05) is 13.8 Å². The van der Waals surface area contributed by atoms with Gasteiger partial charge in [0.25, 0.3) is 0 Å². The minimum absolute atomic E-state index is 0.0916. The van der Waals surface area contributed by atoms with Crippen molar-refractivity contribution in [1.82, 2.24) is 9.97 Å². The molecule has 0 spiro atoms. The van der Waals surface area contributed by atoms with Crippen LogP contribution in [0.5, 0.6) is 0 Å². The van der Waals surface area contributed by atoms with E-state index in [-0.39, 0.29) is 6.42 Å². The molecule has 1 aromatic rings. The van der Waals surface area contributed by atoms with Crippen molar-refractivity contribution in [3.05, 3.63) is 11.9 Å². The molecular weight excluding hydrogens is 244 g/mol. The second kappa shape index (κ2) is 6.92. The normalized spacial score (nSPS) is 10.6. The van der Waals surface area contributed by atoms with Gasteiger partial charge >= 0.3 is 5.97 Å². The zero-order valence-electron chi connectivity index (χ0n) is 12.0. The van der Waals surface area contributed by atoms with E-state index in [0.29, 0.717) is 18.3 Å². The van der Waals surface area contributed by atoms with Gasteiger partial charge in [0.05, 0.1) is 6.42 Å². The number of carbonyl (C=O) groups is 1. The Morgan fingerprint density at radius 3 is 2.74 bits per heavy atom. The van der Waals surface area contributed by atoms with Crippen LogP contribution in [0.3, 0.4) is 0 Å².